The van der Waals surface area contributed by atoms with Gasteiger partial charge in [0.2, 0.25) is 11.8 Å². The average Bonchev–Trinajstić information content (AvgIpc) is 3.04. The second kappa shape index (κ2) is 14.8. The molecule has 4 amide bonds. The van der Waals surface area contributed by atoms with Gasteiger partial charge in [-0.05, 0) is 18.2 Å². The summed E-state index contributed by atoms with van der Waals surface area (Å²) >= 11 is 4.67. The molecule has 1 aliphatic rings. The molecule has 12 heteroatoms. The lowest BCUT2D eigenvalue weighted by Crippen LogP contribution is -2.35. The zero-order valence-corrected chi connectivity index (χ0v) is 18.5. The fourth-order valence-corrected chi connectivity index (χ4v) is 3.14. The summed E-state index contributed by atoms with van der Waals surface area (Å²) in [6.07, 6.45) is 2.90. The monoisotopic (exact) mass is 459 g/mol. The second-order valence-electron chi connectivity index (χ2n) is 6.40. The highest BCUT2D eigenvalue weighted by molar-refractivity contribution is 8.03. The van der Waals surface area contributed by atoms with Gasteiger partial charge >= 0.3 is 0 Å². The van der Waals surface area contributed by atoms with Gasteiger partial charge in [0.1, 0.15) is 6.61 Å². The maximum Gasteiger partial charge on any atom is 0.253 e. The molecule has 0 aromatic rings. The number of hydrogen-bond acceptors (Lipinski definition) is 8. The Morgan fingerprint density at radius 1 is 1.03 bits per heavy atom. The smallest absolute Gasteiger partial charge is 0.253 e. The zero-order chi connectivity index (χ0) is 22.4. The van der Waals surface area contributed by atoms with Crippen LogP contribution in [0.15, 0.2) is 12.2 Å². The van der Waals surface area contributed by atoms with Gasteiger partial charge in [0.05, 0.1) is 27.2 Å². The van der Waals surface area contributed by atoms with Crippen molar-refractivity contribution in [3.05, 3.63) is 12.2 Å². The van der Waals surface area contributed by atoms with Crippen molar-refractivity contribution < 1.29 is 33.4 Å². The van der Waals surface area contributed by atoms with Crippen molar-refractivity contribution in [3.8, 4) is 0 Å². The van der Waals surface area contributed by atoms with Crippen molar-refractivity contribution in [2.24, 2.45) is 5.92 Å². The Morgan fingerprint density at radius 2 is 1.67 bits per heavy atom. The average molecular weight is 459 g/mol. The lowest BCUT2D eigenvalue weighted by molar-refractivity contribution is -0.137. The Balaban J connectivity index is 1.93. The van der Waals surface area contributed by atoms with Crippen LogP contribution in [0.1, 0.15) is 19.8 Å². The van der Waals surface area contributed by atoms with Crippen LogP contribution < -0.4 is 10.6 Å². The molecule has 10 nitrogen and oxygen atoms in total. The third kappa shape index (κ3) is 10.6. The number of rotatable bonds is 16. The molecule has 2 N–H and O–H groups in total. The molecule has 0 bridgehead atoms. The molecule has 1 atom stereocenters. The van der Waals surface area contributed by atoms with Crippen molar-refractivity contribution in [1.29, 1.82) is 0 Å². The molecular formula is C18H26N3O7PS. The first-order chi connectivity index (χ1) is 14.3. The number of ether oxygens (including phenoxy) is 2. The number of nitrogens with zero attached hydrogens (tertiary/aromatic N) is 1. The molecule has 0 saturated heterocycles. The summed E-state index contributed by atoms with van der Waals surface area (Å²) in [5.41, 5.74) is -0.0297. The van der Waals surface area contributed by atoms with Crippen molar-refractivity contribution >= 4 is 48.3 Å². The molecule has 1 rings (SSSR count). The Labute approximate surface area is 181 Å². The highest BCUT2D eigenvalue weighted by Crippen LogP contribution is 2.10. The van der Waals surface area contributed by atoms with Crippen LogP contribution in [0, 0.1) is 5.92 Å². The van der Waals surface area contributed by atoms with Gasteiger partial charge in [0, 0.05) is 44.1 Å². The predicted molar refractivity (Wildman–Crippen MR) is 111 cm³/mol. The molecule has 0 aromatic heterocycles. The van der Waals surface area contributed by atoms with Gasteiger partial charge in [0.25, 0.3) is 11.8 Å². The third-order valence-electron chi connectivity index (χ3n) is 4.05. The van der Waals surface area contributed by atoms with Gasteiger partial charge in [-0.3, -0.25) is 28.9 Å². The molecule has 1 unspecified atom stereocenters. The van der Waals surface area contributed by atoms with Gasteiger partial charge in [-0.1, -0.05) is 6.92 Å². The van der Waals surface area contributed by atoms with Crippen LogP contribution >= 0.6 is 7.36 Å². The lowest BCUT2D eigenvalue weighted by Gasteiger charge is -2.13. The fraction of sp³-hybridized carbons (Fsp3) is 0.611. The Morgan fingerprint density at radius 3 is 2.33 bits per heavy atom. The highest BCUT2D eigenvalue weighted by Gasteiger charge is 2.23. The largest absolute Gasteiger partial charge is 0.377 e. The molecule has 0 aromatic carbocycles. The maximum atomic E-state index is 11.7. The summed E-state index contributed by atoms with van der Waals surface area (Å²) in [5, 5.41) is 5.28. The molecule has 1 heterocycles. The zero-order valence-electron chi connectivity index (χ0n) is 16.8. The number of imide groups is 1. The van der Waals surface area contributed by atoms with E-state index in [0.717, 1.165) is 4.90 Å². The quantitative estimate of drug-likeness (QED) is 0.180. The minimum absolute atomic E-state index is 0.0250. The molecule has 166 valence electrons. The van der Waals surface area contributed by atoms with Gasteiger partial charge in [-0.25, -0.2) is 0 Å². The van der Waals surface area contributed by atoms with E-state index in [1.165, 1.54) is 12.2 Å². The first kappa shape index (κ1) is 26.0. The van der Waals surface area contributed by atoms with E-state index in [0.29, 0.717) is 20.3 Å². The van der Waals surface area contributed by atoms with Crippen LogP contribution in [0.3, 0.4) is 0 Å². The van der Waals surface area contributed by atoms with Crippen molar-refractivity contribution in [2.45, 2.75) is 19.8 Å². The van der Waals surface area contributed by atoms with E-state index >= 15 is 0 Å². The van der Waals surface area contributed by atoms with Gasteiger partial charge in [-0.2, -0.15) is 0 Å². The number of carbonyl (C=O) groups excluding carboxylic acids is 5. The molecular weight excluding hydrogens is 433 g/mol. The van der Waals surface area contributed by atoms with Crippen LogP contribution in [-0.2, 0) is 45.3 Å². The summed E-state index contributed by atoms with van der Waals surface area (Å²) in [6.45, 7) is 3.11. The molecule has 30 heavy (non-hydrogen) atoms. The topological polar surface area (TPSA) is 131 Å². The van der Waals surface area contributed by atoms with E-state index in [4.69, 9.17) is 9.47 Å². The van der Waals surface area contributed by atoms with Crippen molar-refractivity contribution in [1.82, 2.24) is 15.5 Å². The van der Waals surface area contributed by atoms with E-state index < -0.39 is 11.8 Å². The Kier molecular flexibility index (Phi) is 12.8. The van der Waals surface area contributed by atoms with E-state index in [1.807, 2.05) is 0 Å². The van der Waals surface area contributed by atoms with Crippen LogP contribution in [0.4, 0.5) is 0 Å². The first-order valence-corrected chi connectivity index (χ1v) is 11.4. The van der Waals surface area contributed by atoms with E-state index in [9.17, 15) is 24.0 Å². The maximum absolute atomic E-state index is 11.7. The number of nitrogens with one attached hydrogen (secondary N) is 2. The minimum atomic E-state index is -0.415. The predicted octanol–water partition coefficient (Wildman–Crippen LogP) is -0.472. The van der Waals surface area contributed by atoms with Gasteiger partial charge in [-0.15, -0.1) is 0 Å². The highest BCUT2D eigenvalue weighted by atomic mass is 32.4. The summed E-state index contributed by atoms with van der Waals surface area (Å²) < 4.78 is 10.5. The summed E-state index contributed by atoms with van der Waals surface area (Å²) in [4.78, 5) is 58.3. The summed E-state index contributed by atoms with van der Waals surface area (Å²) in [6, 6.07) is 0. The van der Waals surface area contributed by atoms with Crippen molar-refractivity contribution in [3.63, 3.8) is 0 Å². The van der Waals surface area contributed by atoms with E-state index in [-0.39, 0.29) is 69.2 Å². The molecule has 0 fully saturated rings. The minimum Gasteiger partial charge on any atom is -0.377 e. The number of amides is 4. The molecule has 0 aliphatic carbocycles. The Hall–Kier alpha value is -2.07. The van der Waals surface area contributed by atoms with Crippen LogP contribution in [0.2, 0.25) is 0 Å². The molecule has 1 aliphatic heterocycles. The fourth-order valence-electron chi connectivity index (χ4n) is 2.29. The van der Waals surface area contributed by atoms with Gasteiger partial charge in [0.15, 0.2) is 5.52 Å². The lowest BCUT2D eigenvalue weighted by atomic mass is 10.1. The molecule has 0 radical (unpaired) electrons. The first-order valence-electron chi connectivity index (χ1n) is 9.44. The van der Waals surface area contributed by atoms with E-state index in [2.05, 4.69) is 22.4 Å². The Bertz CT molecular complexity index is 669. The van der Waals surface area contributed by atoms with Crippen molar-refractivity contribution in [2.75, 3.05) is 46.1 Å². The molecule has 0 saturated carbocycles. The summed E-state index contributed by atoms with van der Waals surface area (Å²) in [5.74, 6) is -1.57. The third-order valence-corrected chi connectivity index (χ3v) is 5.21. The summed E-state index contributed by atoms with van der Waals surface area (Å²) in [7, 11) is 0.311. The van der Waals surface area contributed by atoms with E-state index in [1.54, 1.807) is 6.92 Å². The SMILES string of the molecule is CC(CCNC(=O)COCCOCCNC(=O)CCN1C(=O)C=CC1=O)C(=O)P=S. The number of carbonyl (C=O) groups is 5. The van der Waals surface area contributed by atoms with Crippen LogP contribution in [-0.4, -0.2) is 80.1 Å². The molecule has 0 spiro atoms. The van der Waals surface area contributed by atoms with Crippen LogP contribution in [0.25, 0.3) is 0 Å². The standard InChI is InChI=1S/C18H26N3O7PS/c1-13(18(26)29-30)4-6-19-15(23)12-28-11-10-27-9-7-20-14(22)5-8-21-16(24)2-3-17(21)25/h2-3,13H,4-12H2,1H3,(H,19,23)(H,20,22). The normalized spacial score (nSPS) is 14.2. The van der Waals surface area contributed by atoms with Gasteiger partial charge < -0.3 is 20.1 Å². The number of hydrogen-bond donors (Lipinski definition) is 2. The van der Waals surface area contributed by atoms with Crippen LogP contribution in [0.5, 0.6) is 0 Å². The second-order valence-corrected chi connectivity index (χ2v) is 7.57.